The Morgan fingerprint density at radius 2 is 0.974 bits per heavy atom. The molecule has 0 atom stereocenters. The number of benzene rings is 8. The van der Waals surface area contributed by atoms with Gasteiger partial charge < -0.3 is 4.90 Å². The van der Waals surface area contributed by atoms with Gasteiger partial charge in [0.25, 0.3) is 0 Å². The van der Waals surface area contributed by atoms with Crippen molar-refractivity contribution in [3.8, 4) is 0 Å². The summed E-state index contributed by atoms with van der Waals surface area (Å²) in [6.07, 6.45) is 0. The normalized spacial score (nSPS) is 11.8. The summed E-state index contributed by atoms with van der Waals surface area (Å²) in [4.78, 5) is 2.41. The van der Waals surface area contributed by atoms with E-state index in [0.717, 1.165) is 5.69 Å². The Bertz CT molecular complexity index is 2130. The van der Waals surface area contributed by atoms with Gasteiger partial charge >= 0.3 is 0 Å². The number of aryl methyl sites for hydroxylation is 1. The minimum atomic E-state index is 1.15. The molecule has 8 aromatic carbocycles. The zero-order valence-corrected chi connectivity index (χ0v) is 21.1. The SMILES string of the molecule is Cc1cc2cccc3c4cc(N(c5ccccc5)c5cccc6ccccc56)cc5cccc(c(c1)c23)c54. The molecule has 0 unspecified atom stereocenters. The Balaban J connectivity index is 1.52. The first-order valence-electron chi connectivity index (χ1n) is 13.2. The van der Waals surface area contributed by atoms with Crippen LogP contribution in [0.25, 0.3) is 53.9 Å². The van der Waals surface area contributed by atoms with Gasteiger partial charge in [0, 0.05) is 16.8 Å². The summed E-state index contributed by atoms with van der Waals surface area (Å²) in [6, 6.07) is 48.9. The summed E-state index contributed by atoms with van der Waals surface area (Å²) in [5.41, 5.74) is 4.80. The lowest BCUT2D eigenvalue weighted by Gasteiger charge is -2.28. The average Bonchev–Trinajstić information content (AvgIpc) is 2.96. The van der Waals surface area contributed by atoms with E-state index in [9.17, 15) is 0 Å². The number of hydrogen-bond acceptors (Lipinski definition) is 1. The van der Waals surface area contributed by atoms with Gasteiger partial charge in [0.15, 0.2) is 0 Å². The van der Waals surface area contributed by atoms with Crippen LogP contribution in [0.2, 0.25) is 0 Å². The summed E-state index contributed by atoms with van der Waals surface area (Å²) < 4.78 is 0. The van der Waals surface area contributed by atoms with Crippen molar-refractivity contribution in [3.63, 3.8) is 0 Å². The fourth-order valence-corrected chi connectivity index (χ4v) is 6.40. The van der Waals surface area contributed by atoms with Crippen LogP contribution in [0.4, 0.5) is 17.1 Å². The zero-order valence-electron chi connectivity index (χ0n) is 21.1. The second-order valence-corrected chi connectivity index (χ2v) is 10.3. The molecule has 0 amide bonds. The Kier molecular flexibility index (Phi) is 4.50. The van der Waals surface area contributed by atoms with Crippen molar-refractivity contribution in [3.05, 3.63) is 139 Å². The van der Waals surface area contributed by atoms with Crippen LogP contribution in [0.15, 0.2) is 133 Å². The van der Waals surface area contributed by atoms with E-state index in [-0.39, 0.29) is 0 Å². The van der Waals surface area contributed by atoms with E-state index >= 15 is 0 Å². The summed E-state index contributed by atoms with van der Waals surface area (Å²) >= 11 is 0. The minimum Gasteiger partial charge on any atom is -0.310 e. The first-order valence-corrected chi connectivity index (χ1v) is 13.2. The molecule has 0 heterocycles. The van der Waals surface area contributed by atoms with Crippen LogP contribution in [0.5, 0.6) is 0 Å². The van der Waals surface area contributed by atoms with Crippen molar-refractivity contribution in [2.45, 2.75) is 6.92 Å². The number of hydrogen-bond donors (Lipinski definition) is 0. The van der Waals surface area contributed by atoms with E-state index in [0.29, 0.717) is 0 Å². The maximum absolute atomic E-state index is 2.41. The maximum atomic E-state index is 2.41. The number of rotatable bonds is 3. The molecule has 1 nitrogen and oxygen atoms in total. The van der Waals surface area contributed by atoms with Gasteiger partial charge in [-0.3, -0.25) is 0 Å². The molecule has 0 fully saturated rings. The van der Waals surface area contributed by atoms with Gasteiger partial charge in [-0.15, -0.1) is 0 Å². The number of anilines is 3. The first-order chi connectivity index (χ1) is 18.8. The van der Waals surface area contributed by atoms with Gasteiger partial charge in [0.2, 0.25) is 0 Å². The third-order valence-corrected chi connectivity index (χ3v) is 7.94. The van der Waals surface area contributed by atoms with Crippen LogP contribution in [-0.4, -0.2) is 0 Å². The molecule has 1 heteroatoms. The third kappa shape index (κ3) is 3.06. The van der Waals surface area contributed by atoms with Crippen molar-refractivity contribution in [1.29, 1.82) is 0 Å². The summed E-state index contributed by atoms with van der Waals surface area (Å²) in [5, 5.41) is 13.0. The molecule has 178 valence electrons. The molecule has 0 spiro atoms. The highest BCUT2D eigenvalue weighted by Crippen LogP contribution is 2.45. The monoisotopic (exact) mass is 483 g/mol. The van der Waals surface area contributed by atoms with Gasteiger partial charge in [0.05, 0.1) is 5.69 Å². The summed E-state index contributed by atoms with van der Waals surface area (Å²) in [5.74, 6) is 0. The van der Waals surface area contributed by atoms with Gasteiger partial charge in [-0.1, -0.05) is 103 Å². The van der Waals surface area contributed by atoms with Crippen molar-refractivity contribution in [2.24, 2.45) is 0 Å². The molecule has 0 aliphatic heterocycles. The van der Waals surface area contributed by atoms with Crippen LogP contribution in [0, 0.1) is 6.92 Å². The third-order valence-electron chi connectivity index (χ3n) is 7.94. The molecule has 0 saturated heterocycles. The van der Waals surface area contributed by atoms with Gasteiger partial charge in [-0.2, -0.15) is 0 Å². The molecule has 0 aliphatic rings. The molecular formula is C37H25N. The lowest BCUT2D eigenvalue weighted by Crippen LogP contribution is -2.10. The largest absolute Gasteiger partial charge is 0.310 e. The fraction of sp³-hybridized carbons (Fsp3) is 0.0270. The van der Waals surface area contributed by atoms with Crippen LogP contribution in [-0.2, 0) is 0 Å². The van der Waals surface area contributed by atoms with E-state index in [1.807, 2.05) is 0 Å². The second kappa shape index (κ2) is 8.06. The predicted molar refractivity (Wildman–Crippen MR) is 165 cm³/mol. The van der Waals surface area contributed by atoms with Gasteiger partial charge in [-0.25, -0.2) is 0 Å². The molecule has 38 heavy (non-hydrogen) atoms. The van der Waals surface area contributed by atoms with E-state index in [2.05, 4.69) is 145 Å². The number of para-hydroxylation sites is 1. The predicted octanol–water partition coefficient (Wildman–Crippen LogP) is 10.7. The van der Waals surface area contributed by atoms with Crippen LogP contribution in [0.1, 0.15) is 5.56 Å². The molecular weight excluding hydrogens is 458 g/mol. The Morgan fingerprint density at radius 3 is 1.76 bits per heavy atom. The highest BCUT2D eigenvalue weighted by atomic mass is 15.1. The standard InChI is InChI=1S/C37H25N/c1-24-20-26-12-7-18-32-34-23-29(22-27-13-8-17-31(37(27)34)33(21-24)36(26)32)38(28-14-3-2-4-15-28)35-19-9-11-25-10-5-6-16-30(25)35/h2-23H,1H3. The smallest absolute Gasteiger partial charge is 0.0540 e. The first kappa shape index (κ1) is 21.2. The summed E-state index contributed by atoms with van der Waals surface area (Å²) in [6.45, 7) is 2.20. The number of nitrogens with zero attached hydrogens (tertiary/aromatic N) is 1. The Labute approximate surface area is 221 Å². The highest BCUT2D eigenvalue weighted by Gasteiger charge is 2.19. The second-order valence-electron chi connectivity index (χ2n) is 10.3. The van der Waals surface area contributed by atoms with E-state index < -0.39 is 0 Å². The molecule has 0 radical (unpaired) electrons. The van der Waals surface area contributed by atoms with E-state index in [1.165, 1.54) is 70.8 Å². The Morgan fingerprint density at radius 1 is 0.395 bits per heavy atom. The molecule has 0 N–H and O–H groups in total. The summed E-state index contributed by atoms with van der Waals surface area (Å²) in [7, 11) is 0. The zero-order chi connectivity index (χ0) is 25.2. The van der Waals surface area contributed by atoms with Crippen molar-refractivity contribution < 1.29 is 0 Å². The highest BCUT2D eigenvalue weighted by molar-refractivity contribution is 6.33. The Hall–Kier alpha value is -4.88. The van der Waals surface area contributed by atoms with Crippen molar-refractivity contribution >= 4 is 70.9 Å². The average molecular weight is 484 g/mol. The topological polar surface area (TPSA) is 3.24 Å². The minimum absolute atomic E-state index is 1.15. The molecule has 0 bridgehead atoms. The van der Waals surface area contributed by atoms with Gasteiger partial charge in [-0.05, 0) is 91.3 Å². The fourth-order valence-electron chi connectivity index (χ4n) is 6.40. The molecule has 8 rings (SSSR count). The molecule has 0 aromatic heterocycles. The maximum Gasteiger partial charge on any atom is 0.0540 e. The molecule has 0 saturated carbocycles. The van der Waals surface area contributed by atoms with Crippen LogP contribution < -0.4 is 4.90 Å². The van der Waals surface area contributed by atoms with Crippen LogP contribution in [0.3, 0.4) is 0 Å². The lowest BCUT2D eigenvalue weighted by atomic mass is 9.88. The number of fused-ring (bicyclic) bond motifs is 3. The van der Waals surface area contributed by atoms with E-state index in [1.54, 1.807) is 0 Å². The lowest BCUT2D eigenvalue weighted by molar-refractivity contribution is 1.31. The van der Waals surface area contributed by atoms with Crippen molar-refractivity contribution in [2.75, 3.05) is 4.90 Å². The van der Waals surface area contributed by atoms with E-state index in [4.69, 9.17) is 0 Å². The van der Waals surface area contributed by atoms with Crippen LogP contribution >= 0.6 is 0 Å². The molecule has 0 aliphatic carbocycles. The quantitative estimate of drug-likeness (QED) is 0.178. The van der Waals surface area contributed by atoms with Crippen molar-refractivity contribution in [1.82, 2.24) is 0 Å². The van der Waals surface area contributed by atoms with Gasteiger partial charge in [0.1, 0.15) is 0 Å². The molecule has 8 aromatic rings.